The molecule has 0 bridgehead atoms. The highest BCUT2D eigenvalue weighted by Gasteiger charge is 2.31. The average Bonchev–Trinajstić information content (AvgIpc) is 3.41. The molecular weight excluding hydrogens is 422 g/mol. The van der Waals surface area contributed by atoms with Gasteiger partial charge in [-0.1, -0.05) is 0 Å². The lowest BCUT2D eigenvalue weighted by Crippen LogP contribution is -2.50. The van der Waals surface area contributed by atoms with E-state index in [1.165, 1.54) is 27.0 Å². The Hall–Kier alpha value is -1.59. The van der Waals surface area contributed by atoms with Crippen molar-refractivity contribution in [2.75, 3.05) is 26.2 Å². The molecule has 1 aliphatic heterocycles. The minimum atomic E-state index is -3.48. The zero-order chi connectivity index (χ0) is 19.0. The second-order valence-electron chi connectivity index (χ2n) is 6.11. The molecule has 3 aromatic heterocycles. The number of thiophene rings is 2. The standard InChI is InChI=1S/C17H17N3O3S4/c1-12-2-3-15(26-12)27(22,23)20-7-5-19(6-8-20)17(21)14-11-25-16(18-14)13-4-9-24-10-13/h2-4,9-11H,5-8H2,1H3. The minimum Gasteiger partial charge on any atom is -0.335 e. The number of hydrogen-bond donors (Lipinski definition) is 0. The number of carbonyl (C=O) groups is 1. The normalized spacial score (nSPS) is 16.0. The molecule has 3 aromatic rings. The van der Waals surface area contributed by atoms with Crippen LogP contribution in [-0.4, -0.2) is 54.7 Å². The van der Waals surface area contributed by atoms with Crippen molar-refractivity contribution < 1.29 is 13.2 Å². The first kappa shape index (κ1) is 18.8. The molecule has 0 N–H and O–H groups in total. The monoisotopic (exact) mass is 439 g/mol. The zero-order valence-electron chi connectivity index (χ0n) is 14.5. The number of piperazine rings is 1. The van der Waals surface area contributed by atoms with E-state index >= 15 is 0 Å². The van der Waals surface area contributed by atoms with Crippen LogP contribution >= 0.6 is 34.0 Å². The van der Waals surface area contributed by atoms with E-state index in [9.17, 15) is 13.2 Å². The van der Waals surface area contributed by atoms with Crippen LogP contribution in [0.3, 0.4) is 0 Å². The van der Waals surface area contributed by atoms with Gasteiger partial charge in [-0.3, -0.25) is 4.79 Å². The van der Waals surface area contributed by atoms with E-state index in [2.05, 4.69) is 4.98 Å². The fraction of sp³-hybridized carbons (Fsp3) is 0.294. The number of aryl methyl sites for hydroxylation is 1. The third-order valence-corrected chi connectivity index (χ3v) is 9.27. The molecule has 4 heterocycles. The maximum atomic E-state index is 12.7. The summed E-state index contributed by atoms with van der Waals surface area (Å²) >= 11 is 4.31. The summed E-state index contributed by atoms with van der Waals surface area (Å²) < 4.78 is 27.2. The Kier molecular flexibility index (Phi) is 5.17. The number of amides is 1. The number of carbonyl (C=O) groups excluding carboxylic acids is 1. The number of aromatic nitrogens is 1. The van der Waals surface area contributed by atoms with Gasteiger partial charge in [0, 0.05) is 47.4 Å². The van der Waals surface area contributed by atoms with Gasteiger partial charge < -0.3 is 4.90 Å². The Labute approximate surface area is 169 Å². The van der Waals surface area contributed by atoms with Gasteiger partial charge in [0.15, 0.2) is 0 Å². The molecule has 0 spiro atoms. The van der Waals surface area contributed by atoms with Gasteiger partial charge in [0.2, 0.25) is 0 Å². The third-order valence-electron chi connectivity index (χ3n) is 4.33. The molecule has 0 radical (unpaired) electrons. The van der Waals surface area contributed by atoms with Crippen molar-refractivity contribution in [3.8, 4) is 10.6 Å². The van der Waals surface area contributed by atoms with Crippen molar-refractivity contribution in [1.82, 2.24) is 14.2 Å². The molecule has 1 amide bonds. The van der Waals surface area contributed by atoms with Crippen LogP contribution in [0.4, 0.5) is 0 Å². The quantitative estimate of drug-likeness (QED) is 0.625. The van der Waals surface area contributed by atoms with Gasteiger partial charge in [0.05, 0.1) is 0 Å². The predicted octanol–water partition coefficient (Wildman–Crippen LogP) is 3.39. The van der Waals surface area contributed by atoms with Gasteiger partial charge in [0.25, 0.3) is 15.9 Å². The lowest BCUT2D eigenvalue weighted by Gasteiger charge is -2.33. The summed E-state index contributed by atoms with van der Waals surface area (Å²) in [5, 5.41) is 6.58. The second kappa shape index (κ2) is 7.44. The summed E-state index contributed by atoms with van der Waals surface area (Å²) in [6.45, 7) is 3.22. The van der Waals surface area contributed by atoms with Crippen molar-refractivity contribution in [3.05, 3.63) is 44.9 Å². The predicted molar refractivity (Wildman–Crippen MR) is 109 cm³/mol. The molecule has 1 aliphatic rings. The first-order valence-electron chi connectivity index (χ1n) is 8.29. The molecule has 1 saturated heterocycles. The number of sulfonamides is 1. The van der Waals surface area contributed by atoms with E-state index in [0.29, 0.717) is 36.1 Å². The smallest absolute Gasteiger partial charge is 0.273 e. The van der Waals surface area contributed by atoms with Crippen molar-refractivity contribution in [2.24, 2.45) is 0 Å². The lowest BCUT2D eigenvalue weighted by molar-refractivity contribution is 0.0693. The molecule has 6 nitrogen and oxygen atoms in total. The van der Waals surface area contributed by atoms with Crippen LogP contribution in [0.15, 0.2) is 38.5 Å². The molecular formula is C17H17N3O3S4. The van der Waals surface area contributed by atoms with Crippen molar-refractivity contribution in [2.45, 2.75) is 11.1 Å². The fourth-order valence-corrected chi connectivity index (χ4v) is 7.23. The van der Waals surface area contributed by atoms with Gasteiger partial charge in [-0.15, -0.1) is 22.7 Å². The average molecular weight is 440 g/mol. The molecule has 10 heteroatoms. The lowest BCUT2D eigenvalue weighted by atomic mass is 10.3. The van der Waals surface area contributed by atoms with E-state index < -0.39 is 10.0 Å². The highest BCUT2D eigenvalue weighted by Crippen LogP contribution is 2.27. The van der Waals surface area contributed by atoms with E-state index in [1.54, 1.807) is 27.7 Å². The summed E-state index contributed by atoms with van der Waals surface area (Å²) in [5.41, 5.74) is 1.44. The van der Waals surface area contributed by atoms with Crippen molar-refractivity contribution >= 4 is 49.9 Å². The van der Waals surface area contributed by atoms with E-state index in [1.807, 2.05) is 29.8 Å². The number of rotatable bonds is 4. The zero-order valence-corrected chi connectivity index (χ0v) is 17.8. The summed E-state index contributed by atoms with van der Waals surface area (Å²) in [6, 6.07) is 5.44. The number of hydrogen-bond acceptors (Lipinski definition) is 7. The Morgan fingerprint density at radius 2 is 1.89 bits per heavy atom. The highest BCUT2D eigenvalue weighted by atomic mass is 32.2. The van der Waals surface area contributed by atoms with E-state index in [4.69, 9.17) is 0 Å². The van der Waals surface area contributed by atoms with Gasteiger partial charge in [-0.05, 0) is 30.5 Å². The third kappa shape index (κ3) is 3.72. The topological polar surface area (TPSA) is 70.6 Å². The van der Waals surface area contributed by atoms with Gasteiger partial charge in [-0.25, -0.2) is 13.4 Å². The number of thiazole rings is 1. The van der Waals surface area contributed by atoms with Crippen LogP contribution in [0, 0.1) is 6.92 Å². The molecule has 4 rings (SSSR count). The van der Waals surface area contributed by atoms with Crippen LogP contribution in [0.5, 0.6) is 0 Å². The molecule has 0 aromatic carbocycles. The fourth-order valence-electron chi connectivity index (χ4n) is 2.86. The van der Waals surface area contributed by atoms with Gasteiger partial charge >= 0.3 is 0 Å². The van der Waals surface area contributed by atoms with Gasteiger partial charge in [-0.2, -0.15) is 15.6 Å². The summed E-state index contributed by atoms with van der Waals surface area (Å²) in [6.07, 6.45) is 0. The maximum absolute atomic E-state index is 12.7. The minimum absolute atomic E-state index is 0.142. The molecule has 1 fully saturated rings. The molecule has 0 atom stereocenters. The molecule has 0 unspecified atom stereocenters. The van der Waals surface area contributed by atoms with Crippen molar-refractivity contribution in [3.63, 3.8) is 0 Å². The SMILES string of the molecule is Cc1ccc(S(=O)(=O)N2CCN(C(=O)c3csc(-c4ccsc4)n3)CC2)s1. The second-order valence-corrected chi connectivity index (χ2v) is 11.2. The van der Waals surface area contributed by atoms with Crippen LogP contribution in [0.25, 0.3) is 10.6 Å². The van der Waals surface area contributed by atoms with Crippen molar-refractivity contribution in [1.29, 1.82) is 0 Å². The Bertz CT molecular complexity index is 1050. The van der Waals surface area contributed by atoms with E-state index in [-0.39, 0.29) is 5.91 Å². The molecule has 27 heavy (non-hydrogen) atoms. The highest BCUT2D eigenvalue weighted by molar-refractivity contribution is 7.91. The van der Waals surface area contributed by atoms with E-state index in [0.717, 1.165) is 15.4 Å². The number of nitrogens with zero attached hydrogens (tertiary/aromatic N) is 3. The largest absolute Gasteiger partial charge is 0.335 e. The Balaban J connectivity index is 1.42. The maximum Gasteiger partial charge on any atom is 0.273 e. The van der Waals surface area contributed by atoms with Crippen LogP contribution in [0.1, 0.15) is 15.4 Å². The van der Waals surface area contributed by atoms with Crippen LogP contribution in [-0.2, 0) is 10.0 Å². The summed E-state index contributed by atoms with van der Waals surface area (Å²) in [4.78, 5) is 19.8. The van der Waals surface area contributed by atoms with Crippen LogP contribution < -0.4 is 0 Å². The Morgan fingerprint density at radius 3 is 2.52 bits per heavy atom. The van der Waals surface area contributed by atoms with Crippen LogP contribution in [0.2, 0.25) is 0 Å². The molecule has 0 saturated carbocycles. The summed E-state index contributed by atoms with van der Waals surface area (Å²) in [7, 11) is -3.48. The van der Waals surface area contributed by atoms with Gasteiger partial charge in [0.1, 0.15) is 14.9 Å². The first-order chi connectivity index (χ1) is 12.9. The Morgan fingerprint density at radius 1 is 1.11 bits per heavy atom. The molecule has 142 valence electrons. The first-order valence-corrected chi connectivity index (χ1v) is 12.4. The summed E-state index contributed by atoms with van der Waals surface area (Å²) in [5.74, 6) is -0.142. The molecule has 0 aliphatic carbocycles.